The van der Waals surface area contributed by atoms with Gasteiger partial charge in [0, 0.05) is 24.6 Å². The third-order valence-electron chi connectivity index (χ3n) is 1.57. The zero-order chi connectivity index (χ0) is 10.2. The van der Waals surface area contributed by atoms with Crippen LogP contribution in [0.1, 0.15) is 0 Å². The van der Waals surface area contributed by atoms with Gasteiger partial charge < -0.3 is 15.0 Å². The van der Waals surface area contributed by atoms with Crippen LogP contribution in [0.3, 0.4) is 0 Å². The van der Waals surface area contributed by atoms with Gasteiger partial charge in [-0.05, 0) is 14.1 Å². The molecular weight excluding hydrogens is 200 g/mol. The Morgan fingerprint density at radius 3 is 3.00 bits per heavy atom. The number of rotatable bonds is 7. The first kappa shape index (κ1) is 11.4. The summed E-state index contributed by atoms with van der Waals surface area (Å²) in [5.74, 6) is 0. The number of ether oxygens (including phenoxy) is 1. The first-order valence-corrected chi connectivity index (χ1v) is 5.29. The van der Waals surface area contributed by atoms with Crippen LogP contribution in [0, 0.1) is 0 Å². The number of nitrogens with zero attached hydrogens (tertiary/aromatic N) is 3. The fourth-order valence-corrected chi connectivity index (χ4v) is 1.29. The van der Waals surface area contributed by atoms with E-state index in [1.165, 1.54) is 11.5 Å². The van der Waals surface area contributed by atoms with Crippen molar-refractivity contribution in [2.45, 2.75) is 0 Å². The summed E-state index contributed by atoms with van der Waals surface area (Å²) in [6.45, 7) is 3.21. The highest BCUT2D eigenvalue weighted by atomic mass is 32.1. The van der Waals surface area contributed by atoms with Crippen molar-refractivity contribution in [3.05, 3.63) is 6.33 Å². The van der Waals surface area contributed by atoms with Gasteiger partial charge in [-0.2, -0.15) is 4.37 Å². The molecular formula is C8H16N4OS. The standard InChI is InChI=1S/C8H16N4OS/c1-12(2)4-6-13-5-3-9-8-10-7-11-14-8/h7H,3-6H2,1-2H3,(H,9,10,11). The molecule has 5 nitrogen and oxygen atoms in total. The first-order chi connectivity index (χ1) is 6.79. The van der Waals surface area contributed by atoms with Crippen molar-refractivity contribution in [2.75, 3.05) is 45.7 Å². The maximum Gasteiger partial charge on any atom is 0.202 e. The van der Waals surface area contributed by atoms with Crippen LogP contribution in [0.2, 0.25) is 0 Å². The van der Waals surface area contributed by atoms with E-state index in [0.29, 0.717) is 6.61 Å². The fraction of sp³-hybridized carbons (Fsp3) is 0.750. The van der Waals surface area contributed by atoms with E-state index >= 15 is 0 Å². The Bertz CT molecular complexity index is 227. The second kappa shape index (κ2) is 6.69. The van der Waals surface area contributed by atoms with Gasteiger partial charge in [0.05, 0.1) is 13.2 Å². The molecule has 1 aromatic heterocycles. The second-order valence-electron chi connectivity index (χ2n) is 3.09. The highest BCUT2D eigenvalue weighted by Gasteiger charge is 1.94. The Morgan fingerprint density at radius 1 is 1.50 bits per heavy atom. The number of nitrogens with one attached hydrogen (secondary N) is 1. The Labute approximate surface area is 88.3 Å². The quantitative estimate of drug-likeness (QED) is 0.674. The monoisotopic (exact) mass is 216 g/mol. The van der Waals surface area contributed by atoms with Crippen molar-refractivity contribution < 1.29 is 4.74 Å². The van der Waals surface area contributed by atoms with Crippen molar-refractivity contribution in [1.29, 1.82) is 0 Å². The topological polar surface area (TPSA) is 50.3 Å². The highest BCUT2D eigenvalue weighted by molar-refractivity contribution is 7.09. The molecule has 0 fully saturated rings. The molecule has 0 aliphatic heterocycles. The molecule has 0 unspecified atom stereocenters. The molecule has 0 atom stereocenters. The fourth-order valence-electron chi connectivity index (χ4n) is 0.830. The van der Waals surface area contributed by atoms with E-state index in [1.807, 2.05) is 14.1 Å². The molecule has 1 aromatic rings. The summed E-state index contributed by atoms with van der Waals surface area (Å²) in [5, 5.41) is 3.97. The number of likely N-dealkylation sites (N-methyl/N-ethyl adjacent to an activating group) is 1. The Morgan fingerprint density at radius 2 is 2.36 bits per heavy atom. The average Bonchev–Trinajstić information content (AvgIpc) is 2.63. The lowest BCUT2D eigenvalue weighted by Gasteiger charge is -2.09. The lowest BCUT2D eigenvalue weighted by molar-refractivity contribution is 0.126. The molecule has 0 saturated heterocycles. The minimum atomic E-state index is 0.702. The Kier molecular flexibility index (Phi) is 5.43. The zero-order valence-corrected chi connectivity index (χ0v) is 9.38. The van der Waals surface area contributed by atoms with Crippen molar-refractivity contribution >= 4 is 16.7 Å². The van der Waals surface area contributed by atoms with Crippen LogP contribution in [0.5, 0.6) is 0 Å². The molecule has 1 N–H and O–H groups in total. The zero-order valence-electron chi connectivity index (χ0n) is 8.56. The van der Waals surface area contributed by atoms with Crippen LogP contribution < -0.4 is 5.32 Å². The van der Waals surface area contributed by atoms with Crippen molar-refractivity contribution in [1.82, 2.24) is 14.3 Å². The summed E-state index contributed by atoms with van der Waals surface area (Å²) < 4.78 is 9.28. The van der Waals surface area contributed by atoms with Gasteiger partial charge in [0.15, 0.2) is 0 Å². The van der Waals surface area contributed by atoms with Gasteiger partial charge in [-0.3, -0.25) is 0 Å². The maximum absolute atomic E-state index is 5.40. The van der Waals surface area contributed by atoms with E-state index in [0.717, 1.165) is 24.8 Å². The van der Waals surface area contributed by atoms with Gasteiger partial charge in [0.25, 0.3) is 0 Å². The summed E-state index contributed by atoms with van der Waals surface area (Å²) in [7, 11) is 4.06. The van der Waals surface area contributed by atoms with E-state index in [4.69, 9.17) is 4.74 Å². The molecule has 14 heavy (non-hydrogen) atoms. The van der Waals surface area contributed by atoms with Crippen LogP contribution in [0.4, 0.5) is 5.13 Å². The average molecular weight is 216 g/mol. The Balaban J connectivity index is 1.90. The van der Waals surface area contributed by atoms with Gasteiger partial charge in [-0.15, -0.1) is 0 Å². The number of aromatic nitrogens is 2. The lowest BCUT2D eigenvalue weighted by atomic mass is 10.6. The van der Waals surface area contributed by atoms with Crippen LogP contribution in [0.15, 0.2) is 6.33 Å². The molecule has 1 heterocycles. The lowest BCUT2D eigenvalue weighted by Crippen LogP contribution is -2.19. The minimum absolute atomic E-state index is 0.702. The molecule has 80 valence electrons. The van der Waals surface area contributed by atoms with E-state index in [2.05, 4.69) is 19.6 Å². The summed E-state index contributed by atoms with van der Waals surface area (Å²) in [6, 6.07) is 0. The molecule has 0 amide bonds. The van der Waals surface area contributed by atoms with Gasteiger partial charge in [0.2, 0.25) is 5.13 Å². The van der Waals surface area contributed by atoms with Gasteiger partial charge in [0.1, 0.15) is 6.33 Å². The number of hydrogen-bond donors (Lipinski definition) is 1. The van der Waals surface area contributed by atoms with E-state index in [1.54, 1.807) is 6.33 Å². The van der Waals surface area contributed by atoms with Gasteiger partial charge in [-0.25, -0.2) is 4.98 Å². The molecule has 0 bridgehead atoms. The van der Waals surface area contributed by atoms with Gasteiger partial charge >= 0.3 is 0 Å². The molecule has 0 spiro atoms. The molecule has 0 saturated carbocycles. The minimum Gasteiger partial charge on any atom is -0.378 e. The molecule has 6 heteroatoms. The molecule has 0 aromatic carbocycles. The third kappa shape index (κ3) is 5.11. The summed E-state index contributed by atoms with van der Waals surface area (Å²) in [4.78, 5) is 6.09. The first-order valence-electron chi connectivity index (χ1n) is 4.52. The van der Waals surface area contributed by atoms with Crippen LogP contribution in [-0.4, -0.2) is 54.7 Å². The SMILES string of the molecule is CN(C)CCOCCNc1ncns1. The van der Waals surface area contributed by atoms with Crippen LogP contribution in [-0.2, 0) is 4.74 Å². The maximum atomic E-state index is 5.40. The predicted molar refractivity (Wildman–Crippen MR) is 57.8 cm³/mol. The van der Waals surface area contributed by atoms with E-state index in [-0.39, 0.29) is 0 Å². The molecule has 0 aliphatic rings. The van der Waals surface area contributed by atoms with Crippen molar-refractivity contribution in [3.63, 3.8) is 0 Å². The van der Waals surface area contributed by atoms with Crippen LogP contribution >= 0.6 is 11.5 Å². The second-order valence-corrected chi connectivity index (χ2v) is 3.87. The predicted octanol–water partition coefficient (Wildman–Crippen LogP) is 0.528. The number of hydrogen-bond acceptors (Lipinski definition) is 6. The normalized spacial score (nSPS) is 10.8. The largest absolute Gasteiger partial charge is 0.378 e. The molecule has 1 rings (SSSR count). The third-order valence-corrected chi connectivity index (χ3v) is 2.19. The van der Waals surface area contributed by atoms with E-state index in [9.17, 15) is 0 Å². The van der Waals surface area contributed by atoms with Crippen molar-refractivity contribution in [3.8, 4) is 0 Å². The molecule has 0 radical (unpaired) electrons. The number of anilines is 1. The van der Waals surface area contributed by atoms with E-state index < -0.39 is 0 Å². The smallest absolute Gasteiger partial charge is 0.202 e. The highest BCUT2D eigenvalue weighted by Crippen LogP contribution is 2.04. The van der Waals surface area contributed by atoms with Gasteiger partial charge in [-0.1, -0.05) is 0 Å². The summed E-state index contributed by atoms with van der Waals surface area (Å²) in [5.41, 5.74) is 0. The summed E-state index contributed by atoms with van der Waals surface area (Å²) in [6.07, 6.45) is 1.54. The van der Waals surface area contributed by atoms with Crippen molar-refractivity contribution in [2.24, 2.45) is 0 Å². The summed E-state index contributed by atoms with van der Waals surface area (Å²) >= 11 is 1.36. The van der Waals surface area contributed by atoms with Crippen LogP contribution in [0.25, 0.3) is 0 Å². The molecule has 0 aliphatic carbocycles. The Hall–Kier alpha value is -0.720.